The van der Waals surface area contributed by atoms with E-state index in [0.29, 0.717) is 46.4 Å². The maximum Gasteiger partial charge on any atom is 0.242 e. The molecule has 9 rings (SSSR count). The minimum absolute atomic E-state index is 0.179. The Morgan fingerprint density at radius 2 is 1.15 bits per heavy atom. The average molecular weight is 454 g/mol. The van der Waals surface area contributed by atoms with Gasteiger partial charge in [-0.3, -0.25) is 0 Å². The third kappa shape index (κ3) is 2.43. The summed E-state index contributed by atoms with van der Waals surface area (Å²) >= 11 is 0. The van der Waals surface area contributed by atoms with Crippen molar-refractivity contribution in [3.05, 3.63) is 75.4 Å². The Morgan fingerprint density at radius 1 is 0.706 bits per heavy atom. The zero-order chi connectivity index (χ0) is 23.6. The van der Waals surface area contributed by atoms with E-state index >= 15 is 0 Å². The SMILES string of the molecule is CC1(C)[C@H]2Cc3ccc(-c4cccc(-c5ccc6c([n+]5[O-])[C@@H]5C[C@H](C6)C5(C)C)n4)[n+]([O-])c3[C@@H]1C2. The van der Waals surface area contributed by atoms with Gasteiger partial charge < -0.3 is 10.4 Å². The lowest BCUT2D eigenvalue weighted by Crippen LogP contribution is -2.54. The third-order valence-corrected chi connectivity index (χ3v) is 10.2. The van der Waals surface area contributed by atoms with Crippen LogP contribution in [0.25, 0.3) is 22.8 Å². The molecule has 5 nitrogen and oxygen atoms in total. The fourth-order valence-electron chi connectivity index (χ4n) is 7.54. The van der Waals surface area contributed by atoms with Gasteiger partial charge in [-0.05, 0) is 72.6 Å². The largest absolute Gasteiger partial charge is 0.618 e. The van der Waals surface area contributed by atoms with Crippen LogP contribution < -0.4 is 9.46 Å². The molecule has 0 spiro atoms. The zero-order valence-corrected chi connectivity index (χ0v) is 20.3. The molecule has 6 aliphatic carbocycles. The van der Waals surface area contributed by atoms with Crippen LogP contribution in [0.3, 0.4) is 0 Å². The molecule has 0 unspecified atom stereocenters. The van der Waals surface area contributed by atoms with Crippen molar-refractivity contribution in [2.24, 2.45) is 22.7 Å². The molecule has 34 heavy (non-hydrogen) atoms. The standard InChI is InChI=1S/C29H31N3O2/c1-28(2)18-12-16-8-10-24(31(33)26(16)20(28)14-18)22-6-5-7-23(30-22)25-11-9-17-13-19-15-21(29(19,3)4)27(17)32(25)34/h5-11,18-21H,12-15H2,1-4H3/t18-,19-,20-,21-/m0/s1. The summed E-state index contributed by atoms with van der Waals surface area (Å²) in [6, 6.07) is 13.7. The number of pyridine rings is 3. The maximum absolute atomic E-state index is 13.6. The number of rotatable bonds is 2. The molecule has 2 fully saturated rings. The predicted molar refractivity (Wildman–Crippen MR) is 130 cm³/mol. The minimum atomic E-state index is 0.179. The van der Waals surface area contributed by atoms with Gasteiger partial charge in [0.05, 0.1) is 11.8 Å². The summed E-state index contributed by atoms with van der Waals surface area (Å²) in [6.45, 7) is 9.15. The van der Waals surface area contributed by atoms with E-state index in [0.717, 1.165) is 46.5 Å². The van der Waals surface area contributed by atoms with Gasteiger partial charge in [0.1, 0.15) is 11.4 Å². The molecule has 2 saturated carbocycles. The molecule has 5 heteroatoms. The van der Waals surface area contributed by atoms with Crippen LogP contribution in [0.1, 0.15) is 74.9 Å². The molecule has 174 valence electrons. The van der Waals surface area contributed by atoms with Crippen molar-refractivity contribution < 1.29 is 9.46 Å². The van der Waals surface area contributed by atoms with Crippen molar-refractivity contribution >= 4 is 0 Å². The monoisotopic (exact) mass is 453 g/mol. The van der Waals surface area contributed by atoms with Gasteiger partial charge in [0.2, 0.25) is 11.4 Å². The molecule has 3 heterocycles. The van der Waals surface area contributed by atoms with Crippen LogP contribution in [0.4, 0.5) is 0 Å². The summed E-state index contributed by atoms with van der Waals surface area (Å²) in [6.07, 6.45) is 4.17. The molecule has 0 saturated heterocycles. The average Bonchev–Trinajstić information content (AvgIpc) is 2.83. The van der Waals surface area contributed by atoms with E-state index in [-0.39, 0.29) is 10.8 Å². The fourth-order valence-corrected chi connectivity index (χ4v) is 7.54. The molecule has 0 aromatic carbocycles. The summed E-state index contributed by atoms with van der Waals surface area (Å²) in [4.78, 5) is 4.84. The second kappa shape index (κ2) is 6.38. The van der Waals surface area contributed by atoms with E-state index in [1.54, 1.807) is 0 Å². The Kier molecular flexibility index (Phi) is 3.83. The topological polar surface area (TPSA) is 66.8 Å². The van der Waals surface area contributed by atoms with Gasteiger partial charge in [0.15, 0.2) is 11.4 Å². The maximum atomic E-state index is 13.6. The second-order valence-corrected chi connectivity index (χ2v) is 12.3. The van der Waals surface area contributed by atoms with Crippen LogP contribution in [-0.2, 0) is 12.8 Å². The van der Waals surface area contributed by atoms with Crippen molar-refractivity contribution in [1.29, 1.82) is 0 Å². The number of hydrogen-bond acceptors (Lipinski definition) is 3. The zero-order valence-electron chi connectivity index (χ0n) is 20.3. The van der Waals surface area contributed by atoms with Gasteiger partial charge >= 0.3 is 0 Å². The molecule has 3 aromatic heterocycles. The van der Waals surface area contributed by atoms with E-state index in [1.807, 2.05) is 30.3 Å². The highest BCUT2D eigenvalue weighted by atomic mass is 16.5. The summed E-state index contributed by atoms with van der Waals surface area (Å²) in [5, 5.41) is 27.1. The van der Waals surface area contributed by atoms with Gasteiger partial charge in [0.25, 0.3) is 0 Å². The van der Waals surface area contributed by atoms with Crippen molar-refractivity contribution in [2.45, 2.75) is 65.2 Å². The Morgan fingerprint density at radius 3 is 1.56 bits per heavy atom. The van der Waals surface area contributed by atoms with Gasteiger partial charge in [-0.15, -0.1) is 0 Å². The Bertz CT molecular complexity index is 1280. The van der Waals surface area contributed by atoms with Crippen molar-refractivity contribution in [2.75, 3.05) is 0 Å². The number of nitrogens with zero attached hydrogens (tertiary/aromatic N) is 3. The van der Waals surface area contributed by atoms with Crippen LogP contribution in [0.2, 0.25) is 0 Å². The molecule has 6 aliphatic rings. The van der Waals surface area contributed by atoms with Gasteiger partial charge in [-0.25, -0.2) is 4.98 Å². The van der Waals surface area contributed by atoms with Crippen LogP contribution in [-0.4, -0.2) is 4.98 Å². The van der Waals surface area contributed by atoms with E-state index in [1.165, 1.54) is 11.1 Å². The van der Waals surface area contributed by atoms with Gasteiger partial charge in [0, 0.05) is 23.3 Å². The van der Waals surface area contributed by atoms with E-state index in [2.05, 4.69) is 39.8 Å². The summed E-state index contributed by atoms with van der Waals surface area (Å²) in [7, 11) is 0. The Hall–Kier alpha value is -2.95. The van der Waals surface area contributed by atoms with E-state index < -0.39 is 0 Å². The summed E-state index contributed by atoms with van der Waals surface area (Å²) in [5.74, 6) is 1.96. The molecular weight excluding hydrogens is 422 g/mol. The van der Waals surface area contributed by atoms with Crippen LogP contribution in [0.5, 0.6) is 0 Å². The Balaban J connectivity index is 1.31. The van der Waals surface area contributed by atoms with Crippen LogP contribution >= 0.6 is 0 Å². The Labute approximate surface area is 200 Å². The first-order valence-corrected chi connectivity index (χ1v) is 12.7. The van der Waals surface area contributed by atoms with Crippen molar-refractivity contribution in [1.82, 2.24) is 4.98 Å². The molecule has 4 atom stereocenters. The second-order valence-electron chi connectivity index (χ2n) is 12.3. The lowest BCUT2D eigenvalue weighted by atomic mass is 9.48. The lowest BCUT2D eigenvalue weighted by molar-refractivity contribution is -0.609. The quantitative estimate of drug-likeness (QED) is 0.403. The summed E-state index contributed by atoms with van der Waals surface area (Å²) in [5.41, 5.74) is 6.95. The highest BCUT2D eigenvalue weighted by Gasteiger charge is 2.57. The molecule has 0 radical (unpaired) electrons. The highest BCUT2D eigenvalue weighted by molar-refractivity contribution is 5.60. The minimum Gasteiger partial charge on any atom is -0.618 e. The molecule has 3 aromatic rings. The lowest BCUT2D eigenvalue weighted by Gasteiger charge is -2.54. The highest BCUT2D eigenvalue weighted by Crippen LogP contribution is 2.62. The number of aromatic nitrogens is 3. The predicted octanol–water partition coefficient (Wildman–Crippen LogP) is 5.05. The van der Waals surface area contributed by atoms with Gasteiger partial charge in [-0.1, -0.05) is 33.8 Å². The van der Waals surface area contributed by atoms with Crippen molar-refractivity contribution in [3.63, 3.8) is 0 Å². The first-order valence-electron chi connectivity index (χ1n) is 12.7. The molecule has 0 amide bonds. The molecule has 0 aliphatic heterocycles. The summed E-state index contributed by atoms with van der Waals surface area (Å²) < 4.78 is 2.25. The van der Waals surface area contributed by atoms with Crippen LogP contribution in [0, 0.1) is 33.1 Å². The van der Waals surface area contributed by atoms with E-state index in [4.69, 9.17) is 4.98 Å². The molecule has 4 bridgehead atoms. The first-order chi connectivity index (χ1) is 16.2. The number of hydrogen-bond donors (Lipinski definition) is 0. The molecular formula is C29H31N3O2. The van der Waals surface area contributed by atoms with Crippen molar-refractivity contribution in [3.8, 4) is 22.8 Å². The third-order valence-electron chi connectivity index (χ3n) is 10.2. The smallest absolute Gasteiger partial charge is 0.242 e. The van der Waals surface area contributed by atoms with Gasteiger partial charge in [-0.2, -0.15) is 9.46 Å². The van der Waals surface area contributed by atoms with Crippen LogP contribution in [0.15, 0.2) is 42.5 Å². The normalized spacial score (nSPS) is 28.8. The fraction of sp³-hybridized carbons (Fsp3) is 0.483. The first kappa shape index (κ1) is 20.4. The molecule has 0 N–H and O–H groups in total. The van der Waals surface area contributed by atoms with E-state index in [9.17, 15) is 10.4 Å².